The van der Waals surface area contributed by atoms with Crippen LogP contribution in [0.15, 0.2) is 18.5 Å². The van der Waals surface area contributed by atoms with Crippen LogP contribution < -0.4 is 10.8 Å². The van der Waals surface area contributed by atoms with Gasteiger partial charge in [0, 0.05) is 11.7 Å². The monoisotopic (exact) mass is 689 g/mol. The van der Waals surface area contributed by atoms with Gasteiger partial charge in [-0.1, -0.05) is 27.7 Å². The molecule has 1 aliphatic rings. The highest BCUT2D eigenvalue weighted by atomic mass is 32.2. The van der Waals surface area contributed by atoms with Gasteiger partial charge in [-0.25, -0.2) is 19.2 Å². The van der Waals surface area contributed by atoms with Crippen molar-refractivity contribution in [2.24, 2.45) is 11.8 Å². The lowest BCUT2D eigenvalue weighted by atomic mass is 9.95. The van der Waals surface area contributed by atoms with Crippen LogP contribution in [0.25, 0.3) is 5.52 Å². The van der Waals surface area contributed by atoms with Crippen molar-refractivity contribution in [1.29, 1.82) is 0 Å². The van der Waals surface area contributed by atoms with Gasteiger partial charge < -0.3 is 29.8 Å². The first-order valence-electron chi connectivity index (χ1n) is 15.2. The maximum Gasteiger partial charge on any atom is 0.406 e. The maximum absolute atomic E-state index is 14.1. The molecule has 260 valence electrons. The predicted octanol–water partition coefficient (Wildman–Crippen LogP) is 3.50. The van der Waals surface area contributed by atoms with E-state index in [1.54, 1.807) is 60.6 Å². The summed E-state index contributed by atoms with van der Waals surface area (Å²) in [6.07, 6.45) is -1.78. The average Bonchev–Trinajstić information content (AvgIpc) is 3.52. The molecule has 0 amide bonds. The Balaban J connectivity index is 2.04. The highest BCUT2D eigenvalue weighted by Gasteiger charge is 2.58. The SMILES string of the molecule is CSCCOP(=O)(N[C@@H](C)C(=O)OC(C)C)OC[C@@]1(C)O[C@@H](c2ccc3c(N)ncnn23)[C@H](OC(=O)C(C)C)[C@@H]1OC(O)C(C)C. The number of hydrogen-bond donors (Lipinski definition) is 3. The van der Waals surface area contributed by atoms with Gasteiger partial charge in [0.1, 0.15) is 35.7 Å². The van der Waals surface area contributed by atoms with E-state index in [0.29, 0.717) is 17.0 Å². The molecule has 0 aromatic carbocycles. The third-order valence-electron chi connectivity index (χ3n) is 7.10. The fourth-order valence-corrected chi connectivity index (χ4v) is 6.51. The number of thioether (sulfide) groups is 1. The molecular formula is C29H48N5O10PS. The minimum absolute atomic E-state index is 0.0511. The Hall–Kier alpha value is -2.30. The van der Waals surface area contributed by atoms with Crippen molar-refractivity contribution in [2.45, 2.75) is 97.7 Å². The number of anilines is 1. The lowest BCUT2D eigenvalue weighted by Gasteiger charge is -2.35. The van der Waals surface area contributed by atoms with Crippen molar-refractivity contribution in [1.82, 2.24) is 19.7 Å². The Morgan fingerprint density at radius 2 is 1.87 bits per heavy atom. The number of nitrogen functional groups attached to an aromatic ring is 1. The molecular weight excluding hydrogens is 641 g/mol. The molecule has 4 N–H and O–H groups in total. The van der Waals surface area contributed by atoms with Gasteiger partial charge in [0.2, 0.25) is 0 Å². The summed E-state index contributed by atoms with van der Waals surface area (Å²) in [5.74, 6) is -1.29. The van der Waals surface area contributed by atoms with Crippen molar-refractivity contribution >= 4 is 42.8 Å². The summed E-state index contributed by atoms with van der Waals surface area (Å²) in [4.78, 5) is 29.6. The minimum Gasteiger partial charge on any atom is -0.462 e. The number of esters is 2. The summed E-state index contributed by atoms with van der Waals surface area (Å²) in [6.45, 7) is 13.0. The van der Waals surface area contributed by atoms with Crippen LogP contribution in [0.5, 0.6) is 0 Å². The number of hydrogen-bond acceptors (Lipinski definition) is 14. The zero-order valence-corrected chi connectivity index (χ0v) is 29.6. The van der Waals surface area contributed by atoms with Crippen LogP contribution in [0.1, 0.15) is 67.2 Å². The van der Waals surface area contributed by atoms with Gasteiger partial charge in [-0.2, -0.15) is 16.9 Å². The van der Waals surface area contributed by atoms with Gasteiger partial charge in [0.15, 0.2) is 18.2 Å². The number of fused-ring (bicyclic) bond motifs is 1. The van der Waals surface area contributed by atoms with E-state index in [1.807, 2.05) is 6.26 Å². The van der Waals surface area contributed by atoms with E-state index in [1.165, 1.54) is 29.5 Å². The van der Waals surface area contributed by atoms with Gasteiger partial charge in [-0.05, 0) is 46.1 Å². The molecule has 2 aromatic heterocycles. The van der Waals surface area contributed by atoms with Crippen molar-refractivity contribution in [3.05, 3.63) is 24.2 Å². The first kappa shape index (κ1) is 38.2. The molecule has 3 heterocycles. The lowest BCUT2D eigenvalue weighted by Crippen LogP contribution is -2.50. The van der Waals surface area contributed by atoms with Crippen LogP contribution >= 0.6 is 19.5 Å². The molecule has 7 atom stereocenters. The standard InChI is InChI=1S/C29H48N5O10PS/c1-16(2)26(35)42-23-22(20-10-11-21-25(30)31-15-32-34(20)21)44-29(8,24(23)43-27(36)17(3)4)14-40-45(38,39-12-13-46-9)33-19(7)28(37)41-18(5)6/h10-11,15-19,22-24,27,36H,12-14H2,1-9H3,(H,33,38)(H2,30,31,32)/t19-,22-,23-,24-,27?,29+,45?/m0/s1. The molecule has 1 saturated heterocycles. The summed E-state index contributed by atoms with van der Waals surface area (Å²) < 4.78 is 51.2. The molecule has 0 aliphatic carbocycles. The smallest absolute Gasteiger partial charge is 0.406 e. The molecule has 0 radical (unpaired) electrons. The van der Waals surface area contributed by atoms with E-state index in [9.17, 15) is 19.3 Å². The topological polar surface area (TPSA) is 195 Å². The van der Waals surface area contributed by atoms with Gasteiger partial charge >= 0.3 is 19.7 Å². The van der Waals surface area contributed by atoms with E-state index in [-0.39, 0.29) is 18.3 Å². The van der Waals surface area contributed by atoms with E-state index in [2.05, 4.69) is 15.2 Å². The zero-order chi connectivity index (χ0) is 34.4. The highest BCUT2D eigenvalue weighted by Crippen LogP contribution is 2.50. The van der Waals surface area contributed by atoms with E-state index >= 15 is 0 Å². The number of nitrogens with two attached hydrogens (primary N) is 1. The van der Waals surface area contributed by atoms with Crippen molar-refractivity contribution in [3.8, 4) is 0 Å². The second-order valence-corrected chi connectivity index (χ2v) is 15.0. The molecule has 46 heavy (non-hydrogen) atoms. The predicted molar refractivity (Wildman–Crippen MR) is 172 cm³/mol. The molecule has 0 saturated carbocycles. The number of aliphatic hydroxyl groups excluding tert-OH is 1. The second kappa shape index (κ2) is 16.2. The summed E-state index contributed by atoms with van der Waals surface area (Å²) >= 11 is 1.47. The Morgan fingerprint density at radius 3 is 2.48 bits per heavy atom. The van der Waals surface area contributed by atoms with Crippen LogP contribution in [0, 0.1) is 11.8 Å². The van der Waals surface area contributed by atoms with Crippen molar-refractivity contribution < 1.29 is 47.3 Å². The van der Waals surface area contributed by atoms with Crippen LogP contribution in [-0.4, -0.2) is 93.1 Å². The molecule has 1 aliphatic heterocycles. The molecule has 0 bridgehead atoms. The van der Waals surface area contributed by atoms with Crippen molar-refractivity contribution in [3.63, 3.8) is 0 Å². The molecule has 2 unspecified atom stereocenters. The molecule has 0 spiro atoms. The average molecular weight is 690 g/mol. The summed E-state index contributed by atoms with van der Waals surface area (Å²) in [7, 11) is -4.18. The van der Waals surface area contributed by atoms with Gasteiger partial charge in [0.05, 0.1) is 30.9 Å². The van der Waals surface area contributed by atoms with Crippen LogP contribution in [0.3, 0.4) is 0 Å². The van der Waals surface area contributed by atoms with E-state index < -0.39 is 74.6 Å². The maximum atomic E-state index is 14.1. The number of aliphatic hydroxyl groups is 1. The number of carbonyl (C=O) groups excluding carboxylic acids is 2. The second-order valence-electron chi connectivity index (χ2n) is 12.2. The number of nitrogens with one attached hydrogen (secondary N) is 1. The largest absolute Gasteiger partial charge is 0.462 e. The molecule has 3 rings (SSSR count). The number of rotatable bonds is 17. The van der Waals surface area contributed by atoms with Gasteiger partial charge in [-0.15, -0.1) is 0 Å². The molecule has 15 nitrogen and oxygen atoms in total. The Bertz CT molecular complexity index is 1380. The molecule has 2 aromatic rings. The Morgan fingerprint density at radius 1 is 1.17 bits per heavy atom. The van der Waals surface area contributed by atoms with Gasteiger partial charge in [-0.3, -0.25) is 18.6 Å². The van der Waals surface area contributed by atoms with Crippen LogP contribution in [0.2, 0.25) is 0 Å². The number of aromatic nitrogens is 3. The fraction of sp³-hybridized carbons (Fsp3) is 0.724. The minimum atomic E-state index is -4.18. The quantitative estimate of drug-likeness (QED) is 0.0944. The molecule has 17 heteroatoms. The third kappa shape index (κ3) is 9.41. The first-order chi connectivity index (χ1) is 21.5. The number of carbonyl (C=O) groups is 2. The number of ether oxygens (including phenoxy) is 4. The third-order valence-corrected chi connectivity index (χ3v) is 9.37. The van der Waals surface area contributed by atoms with Crippen LogP contribution in [0.4, 0.5) is 5.82 Å². The lowest BCUT2D eigenvalue weighted by molar-refractivity contribution is -0.213. The summed E-state index contributed by atoms with van der Waals surface area (Å²) in [5.41, 5.74) is 5.54. The first-order valence-corrected chi connectivity index (χ1v) is 18.1. The Kier molecular flexibility index (Phi) is 13.4. The highest BCUT2D eigenvalue weighted by molar-refractivity contribution is 7.98. The zero-order valence-electron chi connectivity index (χ0n) is 27.9. The van der Waals surface area contributed by atoms with E-state index in [0.717, 1.165) is 0 Å². The number of nitrogens with zero attached hydrogens (tertiary/aromatic N) is 3. The van der Waals surface area contributed by atoms with Gasteiger partial charge in [0.25, 0.3) is 0 Å². The normalized spacial score (nSPS) is 24.4. The Labute approximate surface area is 274 Å². The van der Waals surface area contributed by atoms with E-state index in [4.69, 9.17) is 33.7 Å². The van der Waals surface area contributed by atoms with Crippen LogP contribution in [-0.2, 0) is 42.1 Å². The summed E-state index contributed by atoms with van der Waals surface area (Å²) in [6, 6.07) is 2.37. The van der Waals surface area contributed by atoms with Crippen molar-refractivity contribution in [2.75, 3.05) is 31.0 Å². The fourth-order valence-electron chi connectivity index (χ4n) is 4.58. The summed E-state index contributed by atoms with van der Waals surface area (Å²) in [5, 5.41) is 17.9. The molecule has 1 fully saturated rings.